The van der Waals surface area contributed by atoms with E-state index in [9.17, 15) is 14.7 Å². The molecule has 1 heterocycles. The Morgan fingerprint density at radius 2 is 1.79 bits per heavy atom. The van der Waals surface area contributed by atoms with Crippen molar-refractivity contribution in [2.75, 3.05) is 13.7 Å². The molecule has 1 aliphatic carbocycles. The van der Waals surface area contributed by atoms with Gasteiger partial charge in [0.05, 0.1) is 35.9 Å². The molecule has 1 atom stereocenters. The molecule has 2 aromatic rings. The molecular formula is C27H30ClNO5. The Bertz CT molecular complexity index is 1120. The molecule has 6 nitrogen and oxygen atoms in total. The van der Waals surface area contributed by atoms with Crippen molar-refractivity contribution in [3.63, 3.8) is 0 Å². The third kappa shape index (κ3) is 4.39. The molecule has 1 aliphatic heterocycles. The SMILES string of the molecule is CCOc1ccc(C2/C(=C(\O)c3cc(C)cc(Cl)c3OC)C(=O)C(=O)N2C2CCCCC2)cc1. The Morgan fingerprint density at radius 3 is 2.41 bits per heavy atom. The van der Waals surface area contributed by atoms with Gasteiger partial charge in [0.25, 0.3) is 11.7 Å². The maximum Gasteiger partial charge on any atom is 0.295 e. The number of ether oxygens (including phenoxy) is 2. The smallest absolute Gasteiger partial charge is 0.295 e. The Labute approximate surface area is 205 Å². The topological polar surface area (TPSA) is 76.1 Å². The van der Waals surface area contributed by atoms with E-state index in [0.29, 0.717) is 22.9 Å². The highest BCUT2D eigenvalue weighted by Gasteiger charge is 2.49. The van der Waals surface area contributed by atoms with Gasteiger partial charge in [-0.2, -0.15) is 0 Å². The highest BCUT2D eigenvalue weighted by atomic mass is 35.5. The van der Waals surface area contributed by atoms with Gasteiger partial charge in [-0.1, -0.05) is 43.0 Å². The largest absolute Gasteiger partial charge is 0.507 e. The number of Topliss-reactive ketones (excluding diaryl/α,β-unsaturated/α-hetero) is 1. The summed E-state index contributed by atoms with van der Waals surface area (Å²) >= 11 is 6.37. The van der Waals surface area contributed by atoms with Gasteiger partial charge >= 0.3 is 0 Å². The van der Waals surface area contributed by atoms with E-state index in [1.54, 1.807) is 17.0 Å². The molecule has 34 heavy (non-hydrogen) atoms. The minimum atomic E-state index is -0.706. The molecule has 2 aliphatic rings. The van der Waals surface area contributed by atoms with Crippen molar-refractivity contribution >= 4 is 29.1 Å². The van der Waals surface area contributed by atoms with Crippen LogP contribution in [0.25, 0.3) is 5.76 Å². The van der Waals surface area contributed by atoms with Crippen LogP contribution in [0.2, 0.25) is 5.02 Å². The van der Waals surface area contributed by atoms with Gasteiger partial charge < -0.3 is 19.5 Å². The molecule has 2 aromatic carbocycles. The van der Waals surface area contributed by atoms with Gasteiger partial charge in [-0.05, 0) is 62.1 Å². The van der Waals surface area contributed by atoms with Crippen LogP contribution >= 0.6 is 11.6 Å². The predicted molar refractivity (Wildman–Crippen MR) is 131 cm³/mol. The average molecular weight is 484 g/mol. The van der Waals surface area contributed by atoms with Crippen LogP contribution in [0.4, 0.5) is 0 Å². The lowest BCUT2D eigenvalue weighted by Gasteiger charge is -2.35. The molecular weight excluding hydrogens is 454 g/mol. The molecule has 4 rings (SSSR count). The van der Waals surface area contributed by atoms with E-state index in [-0.39, 0.29) is 23.1 Å². The van der Waals surface area contributed by atoms with E-state index in [4.69, 9.17) is 21.1 Å². The van der Waals surface area contributed by atoms with Crippen LogP contribution in [0.5, 0.6) is 11.5 Å². The molecule has 1 saturated heterocycles. The Balaban J connectivity index is 1.90. The van der Waals surface area contributed by atoms with Crippen molar-refractivity contribution in [1.82, 2.24) is 4.90 Å². The van der Waals surface area contributed by atoms with Crippen molar-refractivity contribution in [3.8, 4) is 11.5 Å². The summed E-state index contributed by atoms with van der Waals surface area (Å²) in [6.07, 6.45) is 4.80. The minimum Gasteiger partial charge on any atom is -0.507 e. The third-order valence-corrected chi connectivity index (χ3v) is 6.88. The average Bonchev–Trinajstić information content (AvgIpc) is 3.10. The zero-order valence-corrected chi connectivity index (χ0v) is 20.5. The lowest BCUT2D eigenvalue weighted by molar-refractivity contribution is -0.141. The first-order valence-electron chi connectivity index (χ1n) is 11.7. The highest BCUT2D eigenvalue weighted by molar-refractivity contribution is 6.46. The van der Waals surface area contributed by atoms with E-state index in [0.717, 1.165) is 43.2 Å². The Kier molecular flexibility index (Phi) is 7.17. The first kappa shape index (κ1) is 24.1. The number of hydrogen-bond donors (Lipinski definition) is 1. The molecule has 7 heteroatoms. The molecule has 0 aromatic heterocycles. The second-order valence-corrected chi connectivity index (χ2v) is 9.24. The molecule has 1 saturated carbocycles. The third-order valence-electron chi connectivity index (χ3n) is 6.60. The normalized spacial score (nSPS) is 20.6. The monoisotopic (exact) mass is 483 g/mol. The number of amides is 1. The van der Waals surface area contributed by atoms with Crippen LogP contribution in [0.15, 0.2) is 42.0 Å². The number of halogens is 1. The van der Waals surface area contributed by atoms with Crippen molar-refractivity contribution in [2.24, 2.45) is 0 Å². The van der Waals surface area contributed by atoms with Crippen LogP contribution in [-0.2, 0) is 9.59 Å². The van der Waals surface area contributed by atoms with Crippen LogP contribution in [-0.4, -0.2) is 41.5 Å². The number of aliphatic hydroxyl groups excluding tert-OH is 1. The van der Waals surface area contributed by atoms with Gasteiger partial charge in [0.15, 0.2) is 0 Å². The van der Waals surface area contributed by atoms with Gasteiger partial charge in [0.2, 0.25) is 0 Å². The van der Waals surface area contributed by atoms with Crippen molar-refractivity contribution in [3.05, 3.63) is 63.7 Å². The number of hydrogen-bond acceptors (Lipinski definition) is 5. The number of ketones is 1. The second kappa shape index (κ2) is 10.1. The number of methoxy groups -OCH3 is 1. The fourth-order valence-corrected chi connectivity index (χ4v) is 5.43. The zero-order chi connectivity index (χ0) is 24.4. The number of aliphatic hydroxyl groups is 1. The Hall–Kier alpha value is -2.99. The van der Waals surface area contributed by atoms with Gasteiger partial charge in [0, 0.05) is 6.04 Å². The highest BCUT2D eigenvalue weighted by Crippen LogP contribution is 2.45. The number of benzene rings is 2. The van der Waals surface area contributed by atoms with Crippen molar-refractivity contribution < 1.29 is 24.2 Å². The summed E-state index contributed by atoms with van der Waals surface area (Å²) in [7, 11) is 1.46. The molecule has 1 N–H and O–H groups in total. The predicted octanol–water partition coefficient (Wildman–Crippen LogP) is 5.81. The van der Waals surface area contributed by atoms with Crippen molar-refractivity contribution in [1.29, 1.82) is 0 Å². The summed E-state index contributed by atoms with van der Waals surface area (Å²) in [6.45, 7) is 4.28. The van der Waals surface area contributed by atoms with E-state index in [2.05, 4.69) is 0 Å². The first-order valence-corrected chi connectivity index (χ1v) is 12.1. The van der Waals surface area contributed by atoms with E-state index in [1.165, 1.54) is 7.11 Å². The fraction of sp³-hybridized carbons (Fsp3) is 0.407. The maximum atomic E-state index is 13.4. The van der Waals surface area contributed by atoms with Crippen LogP contribution in [0.1, 0.15) is 61.8 Å². The number of carbonyl (C=O) groups is 2. The maximum absolute atomic E-state index is 13.4. The van der Waals surface area contributed by atoms with Crippen LogP contribution in [0, 0.1) is 6.92 Å². The zero-order valence-electron chi connectivity index (χ0n) is 19.8. The number of aryl methyl sites for hydroxylation is 1. The fourth-order valence-electron chi connectivity index (χ4n) is 5.08. The molecule has 180 valence electrons. The van der Waals surface area contributed by atoms with Crippen LogP contribution < -0.4 is 9.47 Å². The molecule has 0 bridgehead atoms. The summed E-state index contributed by atoms with van der Waals surface area (Å²) in [5, 5.41) is 11.8. The molecule has 0 radical (unpaired) electrons. The Morgan fingerprint density at radius 1 is 1.12 bits per heavy atom. The number of nitrogens with zero attached hydrogens (tertiary/aromatic N) is 1. The van der Waals surface area contributed by atoms with E-state index < -0.39 is 17.7 Å². The standard InChI is InChI=1S/C27H30ClNO5/c1-4-34-19-12-10-17(11-13-19)23-22(24(30)20-14-16(2)15-21(28)26(20)33-3)25(31)27(32)29(23)18-8-6-5-7-9-18/h10-15,18,23,30H,4-9H2,1-3H3/b24-22+. The van der Waals surface area contributed by atoms with E-state index >= 15 is 0 Å². The van der Waals surface area contributed by atoms with Gasteiger partial charge in [-0.3, -0.25) is 9.59 Å². The van der Waals surface area contributed by atoms with Crippen molar-refractivity contribution in [2.45, 2.75) is 58.0 Å². The van der Waals surface area contributed by atoms with E-state index in [1.807, 2.05) is 38.1 Å². The van der Waals surface area contributed by atoms with Crippen LogP contribution in [0.3, 0.4) is 0 Å². The number of rotatable bonds is 6. The lowest BCUT2D eigenvalue weighted by atomic mass is 9.90. The summed E-state index contributed by atoms with van der Waals surface area (Å²) in [6, 6.07) is 10.0. The number of carbonyl (C=O) groups excluding carboxylic acids is 2. The minimum absolute atomic E-state index is 0.0553. The second-order valence-electron chi connectivity index (χ2n) is 8.83. The number of likely N-dealkylation sites (tertiary alicyclic amines) is 1. The lowest BCUT2D eigenvalue weighted by Crippen LogP contribution is -2.40. The molecule has 1 unspecified atom stereocenters. The molecule has 2 fully saturated rings. The summed E-state index contributed by atoms with van der Waals surface area (Å²) in [5.74, 6) is -0.586. The first-order chi connectivity index (χ1) is 16.4. The quantitative estimate of drug-likeness (QED) is 0.319. The summed E-state index contributed by atoms with van der Waals surface area (Å²) in [5.41, 5.74) is 1.89. The summed E-state index contributed by atoms with van der Waals surface area (Å²) < 4.78 is 11.0. The summed E-state index contributed by atoms with van der Waals surface area (Å²) in [4.78, 5) is 28.4. The van der Waals surface area contributed by atoms with Gasteiger partial charge in [-0.15, -0.1) is 0 Å². The molecule has 1 amide bonds. The van der Waals surface area contributed by atoms with Gasteiger partial charge in [-0.25, -0.2) is 0 Å². The van der Waals surface area contributed by atoms with Gasteiger partial charge in [0.1, 0.15) is 17.3 Å². The molecule has 0 spiro atoms.